The Balaban J connectivity index is 0.00000210. The van der Waals surface area contributed by atoms with E-state index in [0.717, 1.165) is 25.0 Å². The second-order valence-electron chi connectivity index (χ2n) is 6.44. The molecule has 1 aromatic carbocycles. The van der Waals surface area contributed by atoms with E-state index in [1.807, 2.05) is 0 Å². The summed E-state index contributed by atoms with van der Waals surface area (Å²) in [6.07, 6.45) is -2.57. The van der Waals surface area contributed by atoms with Crippen LogP contribution in [0.3, 0.4) is 0 Å². The highest BCUT2D eigenvalue weighted by atomic mass is 35.5. The number of nitriles is 1. The maximum atomic E-state index is 13.2. The van der Waals surface area contributed by atoms with Gasteiger partial charge < -0.3 is 4.74 Å². The van der Waals surface area contributed by atoms with Crippen molar-refractivity contribution in [3.05, 3.63) is 35.2 Å². The number of aromatic nitrogens is 4. The van der Waals surface area contributed by atoms with Crippen LogP contribution in [0.4, 0.5) is 13.2 Å². The van der Waals surface area contributed by atoms with E-state index in [9.17, 15) is 13.2 Å². The molecule has 2 atom stereocenters. The first kappa shape index (κ1) is 19.5. The van der Waals surface area contributed by atoms with Crippen molar-refractivity contribution in [1.82, 2.24) is 25.1 Å². The summed E-state index contributed by atoms with van der Waals surface area (Å²) in [7, 11) is 0. The number of halogens is 4. The van der Waals surface area contributed by atoms with Gasteiger partial charge in [-0.25, -0.2) is 0 Å². The minimum absolute atomic E-state index is 0. The van der Waals surface area contributed by atoms with Crippen LogP contribution < -0.4 is 0 Å². The van der Waals surface area contributed by atoms with Crippen LogP contribution in [0.15, 0.2) is 18.2 Å². The lowest BCUT2D eigenvalue weighted by Gasteiger charge is -2.33. The molecule has 0 radical (unpaired) electrons. The van der Waals surface area contributed by atoms with E-state index in [4.69, 9.17) is 10.00 Å². The quantitative estimate of drug-likeness (QED) is 0.786. The SMILES string of the molecule is Cl.N#Cc1ccc(-n2nnnc2CN2C3CCC2COC3)cc1C(F)(F)F. The summed E-state index contributed by atoms with van der Waals surface area (Å²) in [5.41, 5.74) is -1.25. The summed E-state index contributed by atoms with van der Waals surface area (Å²) in [6, 6.07) is 5.61. The molecule has 144 valence electrons. The standard InChI is InChI=1S/C16H15F3N6O.ClH/c17-16(18,19)14-5-11(2-1-10(14)6-20)25-15(21-22-23-25)7-24-12-3-4-13(24)9-26-8-12;/h1-2,5,12-13H,3-4,7-9H2;1H. The molecule has 4 rings (SSSR count). The molecule has 2 aliphatic heterocycles. The third-order valence-corrected chi connectivity index (χ3v) is 4.92. The molecule has 11 heteroatoms. The van der Waals surface area contributed by atoms with Crippen molar-refractivity contribution in [3.63, 3.8) is 0 Å². The molecular weight excluding hydrogens is 385 g/mol. The third kappa shape index (κ3) is 3.63. The average molecular weight is 401 g/mol. The Morgan fingerprint density at radius 2 is 1.93 bits per heavy atom. The zero-order valence-corrected chi connectivity index (χ0v) is 14.9. The molecule has 0 spiro atoms. The van der Waals surface area contributed by atoms with Gasteiger partial charge in [0.1, 0.15) is 0 Å². The Hall–Kier alpha value is -2.22. The van der Waals surface area contributed by atoms with Crippen molar-refractivity contribution in [2.45, 2.75) is 37.6 Å². The van der Waals surface area contributed by atoms with Gasteiger partial charge in [0.25, 0.3) is 0 Å². The predicted octanol–water partition coefficient (Wildman–Crippen LogP) is 2.34. The van der Waals surface area contributed by atoms with Crippen molar-refractivity contribution in [1.29, 1.82) is 5.26 Å². The Bertz CT molecular complexity index is 849. The van der Waals surface area contributed by atoms with Crippen molar-refractivity contribution in [3.8, 4) is 11.8 Å². The number of tetrazole rings is 1. The highest BCUT2D eigenvalue weighted by Gasteiger charge is 2.38. The molecule has 2 unspecified atom stereocenters. The smallest absolute Gasteiger partial charge is 0.378 e. The van der Waals surface area contributed by atoms with Gasteiger partial charge in [-0.15, -0.1) is 17.5 Å². The summed E-state index contributed by atoms with van der Waals surface area (Å²) < 4.78 is 46.5. The van der Waals surface area contributed by atoms with E-state index in [0.29, 0.717) is 25.6 Å². The van der Waals surface area contributed by atoms with Gasteiger partial charge in [0, 0.05) is 12.1 Å². The first-order valence-electron chi connectivity index (χ1n) is 8.20. The zero-order valence-electron chi connectivity index (χ0n) is 14.1. The number of alkyl halides is 3. The first-order chi connectivity index (χ1) is 12.5. The second kappa shape index (κ2) is 7.42. The molecule has 3 heterocycles. The minimum Gasteiger partial charge on any atom is -0.378 e. The lowest BCUT2D eigenvalue weighted by molar-refractivity contribution is -0.137. The zero-order chi connectivity index (χ0) is 18.3. The topological polar surface area (TPSA) is 79.9 Å². The van der Waals surface area contributed by atoms with Crippen LogP contribution in [0.5, 0.6) is 0 Å². The maximum Gasteiger partial charge on any atom is 0.417 e. The van der Waals surface area contributed by atoms with Crippen LogP contribution in [0.1, 0.15) is 29.8 Å². The highest BCUT2D eigenvalue weighted by Crippen LogP contribution is 2.34. The van der Waals surface area contributed by atoms with Gasteiger partial charge in [0.2, 0.25) is 0 Å². The molecule has 7 nitrogen and oxygen atoms in total. The molecule has 0 aliphatic carbocycles. The molecule has 2 bridgehead atoms. The lowest BCUT2D eigenvalue weighted by atomic mass is 10.1. The monoisotopic (exact) mass is 400 g/mol. The summed E-state index contributed by atoms with van der Waals surface area (Å²) in [4.78, 5) is 2.25. The first-order valence-corrected chi connectivity index (χ1v) is 8.20. The van der Waals surface area contributed by atoms with Gasteiger partial charge in [0.05, 0.1) is 42.6 Å². The van der Waals surface area contributed by atoms with Crippen LogP contribution in [-0.4, -0.2) is 50.4 Å². The fourth-order valence-corrected chi connectivity index (χ4v) is 3.64. The van der Waals surface area contributed by atoms with Crippen LogP contribution in [0.2, 0.25) is 0 Å². The van der Waals surface area contributed by atoms with Crippen molar-refractivity contribution < 1.29 is 17.9 Å². The summed E-state index contributed by atoms with van der Waals surface area (Å²) in [5, 5.41) is 20.4. The van der Waals surface area contributed by atoms with E-state index < -0.39 is 17.3 Å². The number of hydrogen-bond donors (Lipinski definition) is 0. The number of nitrogens with zero attached hydrogens (tertiary/aromatic N) is 6. The van der Waals surface area contributed by atoms with Crippen LogP contribution in [-0.2, 0) is 17.5 Å². The van der Waals surface area contributed by atoms with E-state index >= 15 is 0 Å². The molecule has 2 saturated heterocycles. The number of ether oxygens (including phenoxy) is 1. The van der Waals surface area contributed by atoms with Gasteiger partial charge >= 0.3 is 6.18 Å². The fourth-order valence-electron chi connectivity index (χ4n) is 3.64. The average Bonchev–Trinajstić information content (AvgIpc) is 3.15. The number of benzene rings is 1. The Kier molecular flexibility index (Phi) is 5.37. The molecule has 0 saturated carbocycles. The third-order valence-electron chi connectivity index (χ3n) is 4.92. The number of fused-ring (bicyclic) bond motifs is 2. The molecule has 27 heavy (non-hydrogen) atoms. The Labute approximate surface area is 159 Å². The van der Waals surface area contributed by atoms with Crippen LogP contribution in [0, 0.1) is 11.3 Å². The Morgan fingerprint density at radius 3 is 2.56 bits per heavy atom. The van der Waals surface area contributed by atoms with Gasteiger partial charge in [-0.05, 0) is 41.5 Å². The number of morpholine rings is 1. The van der Waals surface area contributed by atoms with Crippen molar-refractivity contribution >= 4 is 12.4 Å². The minimum atomic E-state index is -4.63. The fraction of sp³-hybridized carbons (Fsp3) is 0.500. The molecule has 2 aromatic rings. The number of rotatable bonds is 3. The van der Waals surface area contributed by atoms with E-state index in [-0.39, 0.29) is 30.2 Å². The van der Waals surface area contributed by atoms with Gasteiger partial charge in [0.15, 0.2) is 5.82 Å². The Morgan fingerprint density at radius 1 is 1.22 bits per heavy atom. The molecular formula is C16H16ClF3N6O. The molecule has 0 amide bonds. The number of hydrogen-bond acceptors (Lipinski definition) is 6. The summed E-state index contributed by atoms with van der Waals surface area (Å²) in [6.45, 7) is 1.73. The summed E-state index contributed by atoms with van der Waals surface area (Å²) in [5.74, 6) is 0.460. The molecule has 0 N–H and O–H groups in total. The molecule has 2 fully saturated rings. The highest BCUT2D eigenvalue weighted by molar-refractivity contribution is 5.85. The largest absolute Gasteiger partial charge is 0.417 e. The van der Waals surface area contributed by atoms with Gasteiger partial charge in [-0.2, -0.15) is 23.1 Å². The van der Waals surface area contributed by atoms with Gasteiger partial charge in [-0.1, -0.05) is 0 Å². The normalized spacial score (nSPS) is 22.3. The van der Waals surface area contributed by atoms with E-state index in [1.54, 1.807) is 6.07 Å². The molecule has 1 aromatic heterocycles. The summed E-state index contributed by atoms with van der Waals surface area (Å²) >= 11 is 0. The van der Waals surface area contributed by atoms with E-state index in [1.165, 1.54) is 10.7 Å². The maximum absolute atomic E-state index is 13.2. The predicted molar refractivity (Wildman–Crippen MR) is 89.3 cm³/mol. The van der Waals surface area contributed by atoms with Gasteiger partial charge in [-0.3, -0.25) is 4.90 Å². The van der Waals surface area contributed by atoms with Crippen molar-refractivity contribution in [2.75, 3.05) is 13.2 Å². The second-order valence-corrected chi connectivity index (χ2v) is 6.44. The lowest BCUT2D eigenvalue weighted by Crippen LogP contribution is -2.45. The van der Waals surface area contributed by atoms with E-state index in [2.05, 4.69) is 20.4 Å². The van der Waals surface area contributed by atoms with Crippen molar-refractivity contribution in [2.24, 2.45) is 0 Å². The van der Waals surface area contributed by atoms with Crippen LogP contribution in [0.25, 0.3) is 5.69 Å². The van der Waals surface area contributed by atoms with Crippen LogP contribution >= 0.6 is 12.4 Å². The molecule has 2 aliphatic rings.